The van der Waals surface area contributed by atoms with Gasteiger partial charge in [-0.2, -0.15) is 0 Å². The minimum Gasteiger partial charge on any atom is -0.457 e. The van der Waals surface area contributed by atoms with Gasteiger partial charge in [0.05, 0.1) is 0 Å². The summed E-state index contributed by atoms with van der Waals surface area (Å²) in [6.45, 7) is 5.65. The lowest BCUT2D eigenvalue weighted by atomic mass is 10.1. The van der Waals surface area contributed by atoms with Crippen LogP contribution in [0.25, 0.3) is 0 Å². The van der Waals surface area contributed by atoms with Gasteiger partial charge in [-0.05, 0) is 40.0 Å². The number of ether oxygens (including phenoxy) is 1. The Hall–Kier alpha value is -0.310. The topological polar surface area (TPSA) is 26.3 Å². The summed E-state index contributed by atoms with van der Waals surface area (Å²) in [6.07, 6.45) is 13.5. The van der Waals surface area contributed by atoms with Crippen molar-refractivity contribution in [3.8, 4) is 0 Å². The molecule has 3 heteroatoms. The summed E-state index contributed by atoms with van der Waals surface area (Å²) < 4.78 is 5.19. The van der Waals surface area contributed by atoms with Crippen LogP contribution >= 0.6 is 15.9 Å². The number of hydrogen-bond acceptors (Lipinski definition) is 2. The minimum absolute atomic E-state index is 0.234. The first-order valence-corrected chi connectivity index (χ1v) is 8.53. The van der Waals surface area contributed by atoms with E-state index in [1.165, 1.54) is 38.5 Å². The Morgan fingerprint density at radius 2 is 1.53 bits per heavy atom. The van der Waals surface area contributed by atoms with Crippen LogP contribution in [0.1, 0.15) is 72.1 Å². The van der Waals surface area contributed by atoms with Crippen LogP contribution in [0.2, 0.25) is 0 Å². The fourth-order valence-electron chi connectivity index (χ4n) is 1.76. The molecule has 2 nitrogen and oxygen atoms in total. The van der Waals surface area contributed by atoms with Crippen molar-refractivity contribution < 1.29 is 9.53 Å². The van der Waals surface area contributed by atoms with Crippen molar-refractivity contribution in [2.75, 3.05) is 5.33 Å². The fourth-order valence-corrected chi connectivity index (χ4v) is 2.15. The number of unbranched alkanes of at least 4 members (excludes halogenated alkanes) is 7. The maximum absolute atomic E-state index is 11.4. The molecule has 0 aliphatic rings. The molecule has 0 saturated heterocycles. The standard InChI is InChI=1S/C16H29BrO2/c1-16(2,3)19-15(18)13-11-9-7-5-4-6-8-10-12-14-17/h11,13H,4-10,12,14H2,1-3H3. The molecule has 0 aromatic carbocycles. The van der Waals surface area contributed by atoms with Gasteiger partial charge in [0.25, 0.3) is 0 Å². The second-order valence-electron chi connectivity index (χ2n) is 5.89. The number of alkyl halides is 1. The average molecular weight is 333 g/mol. The van der Waals surface area contributed by atoms with Crippen LogP contribution in [0, 0.1) is 0 Å². The summed E-state index contributed by atoms with van der Waals surface area (Å²) >= 11 is 3.44. The molecule has 0 heterocycles. The summed E-state index contributed by atoms with van der Waals surface area (Å²) in [5.41, 5.74) is -0.392. The summed E-state index contributed by atoms with van der Waals surface area (Å²) in [5, 5.41) is 1.13. The second-order valence-corrected chi connectivity index (χ2v) is 6.68. The molecule has 0 aliphatic heterocycles. The van der Waals surface area contributed by atoms with Gasteiger partial charge in [0, 0.05) is 11.4 Å². The molecular weight excluding hydrogens is 304 g/mol. The molecule has 0 saturated carbocycles. The Morgan fingerprint density at radius 3 is 2.05 bits per heavy atom. The van der Waals surface area contributed by atoms with Gasteiger partial charge < -0.3 is 4.74 Å². The van der Waals surface area contributed by atoms with Gasteiger partial charge in [0.15, 0.2) is 0 Å². The van der Waals surface area contributed by atoms with Gasteiger partial charge in [-0.3, -0.25) is 0 Å². The summed E-state index contributed by atoms with van der Waals surface area (Å²) in [6, 6.07) is 0. The third kappa shape index (κ3) is 15.6. The van der Waals surface area contributed by atoms with Crippen molar-refractivity contribution in [2.45, 2.75) is 77.7 Å². The van der Waals surface area contributed by atoms with Crippen LogP contribution in [-0.4, -0.2) is 16.9 Å². The van der Waals surface area contributed by atoms with Gasteiger partial charge in [-0.1, -0.05) is 54.1 Å². The van der Waals surface area contributed by atoms with Gasteiger partial charge in [0.1, 0.15) is 5.60 Å². The highest BCUT2D eigenvalue weighted by Gasteiger charge is 2.13. The molecule has 0 radical (unpaired) electrons. The molecule has 0 amide bonds. The van der Waals surface area contributed by atoms with E-state index in [0.29, 0.717) is 0 Å². The quantitative estimate of drug-likeness (QED) is 0.232. The van der Waals surface area contributed by atoms with E-state index in [9.17, 15) is 4.79 Å². The van der Waals surface area contributed by atoms with Gasteiger partial charge in [-0.15, -0.1) is 0 Å². The van der Waals surface area contributed by atoms with Crippen molar-refractivity contribution in [1.29, 1.82) is 0 Å². The van der Waals surface area contributed by atoms with E-state index in [1.807, 2.05) is 26.8 Å². The zero-order valence-electron chi connectivity index (χ0n) is 12.7. The largest absolute Gasteiger partial charge is 0.457 e. The first-order valence-electron chi connectivity index (χ1n) is 7.41. The number of rotatable bonds is 10. The van der Waals surface area contributed by atoms with Gasteiger partial charge in [-0.25, -0.2) is 4.79 Å². The minimum atomic E-state index is -0.392. The van der Waals surface area contributed by atoms with E-state index in [1.54, 1.807) is 6.08 Å². The van der Waals surface area contributed by atoms with Crippen LogP contribution in [0.5, 0.6) is 0 Å². The first-order chi connectivity index (χ1) is 8.95. The molecule has 0 bridgehead atoms. The Bertz CT molecular complexity index is 254. The summed E-state index contributed by atoms with van der Waals surface area (Å²) in [5.74, 6) is -0.234. The maximum atomic E-state index is 11.4. The Balaban J connectivity index is 3.36. The van der Waals surface area contributed by atoms with E-state index < -0.39 is 5.60 Å². The lowest BCUT2D eigenvalue weighted by Gasteiger charge is -2.17. The third-order valence-electron chi connectivity index (χ3n) is 2.67. The molecule has 112 valence electrons. The van der Waals surface area contributed by atoms with Crippen LogP contribution in [-0.2, 0) is 9.53 Å². The monoisotopic (exact) mass is 332 g/mol. The van der Waals surface area contributed by atoms with Crippen LogP contribution in [0.15, 0.2) is 12.2 Å². The predicted molar refractivity (Wildman–Crippen MR) is 85.7 cm³/mol. The van der Waals surface area contributed by atoms with E-state index in [0.717, 1.165) is 18.2 Å². The number of halogens is 1. The van der Waals surface area contributed by atoms with Crippen LogP contribution in [0.4, 0.5) is 0 Å². The normalized spacial score (nSPS) is 12.0. The van der Waals surface area contributed by atoms with Crippen molar-refractivity contribution >= 4 is 21.9 Å². The van der Waals surface area contributed by atoms with Crippen molar-refractivity contribution in [2.24, 2.45) is 0 Å². The molecule has 0 rings (SSSR count). The van der Waals surface area contributed by atoms with E-state index in [4.69, 9.17) is 4.74 Å². The van der Waals surface area contributed by atoms with E-state index in [2.05, 4.69) is 15.9 Å². The third-order valence-corrected chi connectivity index (χ3v) is 3.23. The highest BCUT2D eigenvalue weighted by atomic mass is 79.9. The number of carbonyl (C=O) groups excluding carboxylic acids is 1. The maximum Gasteiger partial charge on any atom is 0.330 e. The Kier molecular flexibility index (Phi) is 11.3. The number of carbonyl (C=O) groups is 1. The number of hydrogen-bond donors (Lipinski definition) is 0. The van der Waals surface area contributed by atoms with Gasteiger partial charge >= 0.3 is 5.97 Å². The lowest BCUT2D eigenvalue weighted by molar-refractivity contribution is -0.148. The van der Waals surface area contributed by atoms with E-state index >= 15 is 0 Å². The Labute approximate surface area is 127 Å². The summed E-state index contributed by atoms with van der Waals surface area (Å²) in [7, 11) is 0. The van der Waals surface area contributed by atoms with Crippen LogP contribution in [0.3, 0.4) is 0 Å². The molecule has 0 aromatic heterocycles. The molecule has 0 N–H and O–H groups in total. The molecule has 0 fully saturated rings. The van der Waals surface area contributed by atoms with Crippen molar-refractivity contribution in [1.82, 2.24) is 0 Å². The molecule has 19 heavy (non-hydrogen) atoms. The average Bonchev–Trinajstić information content (AvgIpc) is 2.29. The highest BCUT2D eigenvalue weighted by molar-refractivity contribution is 9.09. The zero-order chi connectivity index (χ0) is 14.6. The highest BCUT2D eigenvalue weighted by Crippen LogP contribution is 2.10. The zero-order valence-corrected chi connectivity index (χ0v) is 14.3. The molecule has 0 aliphatic carbocycles. The van der Waals surface area contributed by atoms with Gasteiger partial charge in [0.2, 0.25) is 0 Å². The first kappa shape index (κ1) is 18.7. The van der Waals surface area contributed by atoms with E-state index in [-0.39, 0.29) is 5.97 Å². The lowest BCUT2D eigenvalue weighted by Crippen LogP contribution is -2.22. The Morgan fingerprint density at radius 1 is 1.00 bits per heavy atom. The molecule has 0 atom stereocenters. The SMILES string of the molecule is CC(C)(C)OC(=O)C=CCCCCCCCCCBr. The fraction of sp³-hybridized carbons (Fsp3) is 0.812. The summed E-state index contributed by atoms with van der Waals surface area (Å²) in [4.78, 5) is 11.4. The smallest absolute Gasteiger partial charge is 0.330 e. The van der Waals surface area contributed by atoms with Crippen LogP contribution < -0.4 is 0 Å². The van der Waals surface area contributed by atoms with Crippen molar-refractivity contribution in [3.05, 3.63) is 12.2 Å². The second kappa shape index (κ2) is 11.5. The molecular formula is C16H29BrO2. The van der Waals surface area contributed by atoms with Crippen molar-refractivity contribution in [3.63, 3.8) is 0 Å². The number of allylic oxidation sites excluding steroid dienone is 1. The number of esters is 1. The molecule has 0 spiro atoms. The molecule has 0 aromatic rings. The molecule has 0 unspecified atom stereocenters. The predicted octanol–water partition coefficient (Wildman–Crippen LogP) is 5.40.